The first-order valence-corrected chi connectivity index (χ1v) is 9.24. The Morgan fingerprint density at radius 1 is 1.03 bits per heavy atom. The molecule has 30 heavy (non-hydrogen) atoms. The Kier molecular flexibility index (Phi) is 8.35. The number of nitrogens with one attached hydrogen (secondary N) is 1. The highest BCUT2D eigenvalue weighted by Gasteiger charge is 2.34. The molecule has 10 heteroatoms. The van der Waals surface area contributed by atoms with E-state index in [0.29, 0.717) is 24.2 Å². The standard InChI is InChI=1S/C20H19ClF3NO5/c1-2-28-14-4-6-15(7-5-14)29-10-9-19(27)30-12-18(26)25-17-8-3-13(21)11-16(17)20(22,23)24/h3-8,11H,2,9-10,12H2,1H3,(H,25,26). The summed E-state index contributed by atoms with van der Waals surface area (Å²) in [5.74, 6) is -0.442. The third kappa shape index (κ3) is 7.47. The minimum absolute atomic E-state index is 0.00381. The van der Waals surface area contributed by atoms with Gasteiger partial charge < -0.3 is 19.5 Å². The third-order valence-electron chi connectivity index (χ3n) is 3.64. The van der Waals surface area contributed by atoms with Gasteiger partial charge in [0, 0.05) is 5.02 Å². The van der Waals surface area contributed by atoms with Crippen LogP contribution in [0.3, 0.4) is 0 Å². The molecule has 0 aromatic heterocycles. The Morgan fingerprint density at radius 2 is 1.67 bits per heavy atom. The minimum Gasteiger partial charge on any atom is -0.494 e. The lowest BCUT2D eigenvalue weighted by molar-refractivity contribution is -0.147. The molecule has 0 radical (unpaired) electrons. The lowest BCUT2D eigenvalue weighted by Crippen LogP contribution is -2.23. The minimum atomic E-state index is -4.71. The number of hydrogen-bond donors (Lipinski definition) is 1. The van der Waals surface area contributed by atoms with Gasteiger partial charge in [-0.2, -0.15) is 13.2 Å². The van der Waals surface area contributed by atoms with Gasteiger partial charge in [0.15, 0.2) is 6.61 Å². The molecular weight excluding hydrogens is 427 g/mol. The Bertz CT molecular complexity index is 872. The highest BCUT2D eigenvalue weighted by molar-refractivity contribution is 6.30. The molecule has 0 aliphatic rings. The molecule has 0 atom stereocenters. The van der Waals surface area contributed by atoms with Crippen LogP contribution in [0.1, 0.15) is 18.9 Å². The van der Waals surface area contributed by atoms with Crippen molar-refractivity contribution in [1.29, 1.82) is 0 Å². The number of hydrogen-bond acceptors (Lipinski definition) is 5. The second kappa shape index (κ2) is 10.7. The molecule has 1 N–H and O–H groups in total. The maximum absolute atomic E-state index is 13.0. The third-order valence-corrected chi connectivity index (χ3v) is 3.87. The number of benzene rings is 2. The van der Waals surface area contributed by atoms with Gasteiger partial charge in [-0.1, -0.05) is 11.6 Å². The van der Waals surface area contributed by atoms with Crippen LogP contribution in [0, 0.1) is 0 Å². The van der Waals surface area contributed by atoms with E-state index in [1.54, 1.807) is 24.3 Å². The normalized spacial score (nSPS) is 11.0. The fourth-order valence-electron chi connectivity index (χ4n) is 2.32. The maximum Gasteiger partial charge on any atom is 0.418 e. The molecule has 0 unspecified atom stereocenters. The van der Waals surface area contributed by atoms with E-state index in [9.17, 15) is 22.8 Å². The lowest BCUT2D eigenvalue weighted by atomic mass is 10.1. The van der Waals surface area contributed by atoms with Gasteiger partial charge in [-0.15, -0.1) is 0 Å². The Morgan fingerprint density at radius 3 is 2.27 bits per heavy atom. The molecule has 6 nitrogen and oxygen atoms in total. The Balaban J connectivity index is 1.76. The summed E-state index contributed by atoms with van der Waals surface area (Å²) >= 11 is 5.58. The molecule has 1 amide bonds. The van der Waals surface area contributed by atoms with Crippen molar-refractivity contribution >= 4 is 29.2 Å². The van der Waals surface area contributed by atoms with E-state index < -0.39 is 35.9 Å². The summed E-state index contributed by atoms with van der Waals surface area (Å²) in [6, 6.07) is 9.71. The van der Waals surface area contributed by atoms with Crippen molar-refractivity contribution in [2.24, 2.45) is 0 Å². The molecule has 162 valence electrons. The smallest absolute Gasteiger partial charge is 0.418 e. The van der Waals surface area contributed by atoms with Gasteiger partial charge in [-0.05, 0) is 49.4 Å². The van der Waals surface area contributed by atoms with Gasteiger partial charge in [0.05, 0.1) is 30.9 Å². The van der Waals surface area contributed by atoms with Crippen LogP contribution in [0.15, 0.2) is 42.5 Å². The molecule has 0 saturated carbocycles. The van der Waals surface area contributed by atoms with Gasteiger partial charge in [0.2, 0.25) is 0 Å². The van der Waals surface area contributed by atoms with Crippen molar-refractivity contribution in [2.75, 3.05) is 25.1 Å². The van der Waals surface area contributed by atoms with Crippen LogP contribution in [0.4, 0.5) is 18.9 Å². The summed E-state index contributed by atoms with van der Waals surface area (Å²) < 4.78 is 54.5. The largest absolute Gasteiger partial charge is 0.494 e. The summed E-state index contributed by atoms with van der Waals surface area (Å²) in [5, 5.41) is 1.93. The average molecular weight is 446 g/mol. The van der Waals surface area contributed by atoms with Crippen molar-refractivity contribution in [1.82, 2.24) is 0 Å². The Hall–Kier alpha value is -2.94. The highest BCUT2D eigenvalue weighted by atomic mass is 35.5. The zero-order chi connectivity index (χ0) is 22.1. The second-order valence-corrected chi connectivity index (χ2v) is 6.34. The number of rotatable bonds is 9. The lowest BCUT2D eigenvalue weighted by Gasteiger charge is -2.14. The van der Waals surface area contributed by atoms with E-state index in [0.717, 1.165) is 6.07 Å². The number of halogens is 4. The Labute approximate surface area is 175 Å². The van der Waals surface area contributed by atoms with E-state index in [4.69, 9.17) is 25.8 Å². The number of alkyl halides is 3. The molecule has 2 aromatic carbocycles. The fourth-order valence-corrected chi connectivity index (χ4v) is 2.49. The fraction of sp³-hybridized carbons (Fsp3) is 0.300. The molecule has 2 rings (SSSR count). The van der Waals surface area contributed by atoms with Crippen LogP contribution >= 0.6 is 11.6 Å². The first kappa shape index (κ1) is 23.3. The highest BCUT2D eigenvalue weighted by Crippen LogP contribution is 2.36. The monoisotopic (exact) mass is 445 g/mol. The first-order valence-electron chi connectivity index (χ1n) is 8.87. The molecule has 0 spiro atoms. The molecule has 0 saturated heterocycles. The SMILES string of the molecule is CCOc1ccc(OCCC(=O)OCC(=O)Nc2ccc(Cl)cc2C(F)(F)F)cc1. The predicted octanol–water partition coefficient (Wildman–Crippen LogP) is 4.71. The van der Waals surface area contributed by atoms with E-state index >= 15 is 0 Å². The van der Waals surface area contributed by atoms with Crippen LogP contribution in [-0.4, -0.2) is 31.7 Å². The number of carbonyl (C=O) groups is 2. The number of esters is 1. The average Bonchev–Trinajstić information content (AvgIpc) is 2.68. The second-order valence-electron chi connectivity index (χ2n) is 5.90. The number of carbonyl (C=O) groups excluding carboxylic acids is 2. The molecule has 0 bridgehead atoms. The van der Waals surface area contributed by atoms with Crippen molar-refractivity contribution in [2.45, 2.75) is 19.5 Å². The van der Waals surface area contributed by atoms with Gasteiger partial charge in [0.1, 0.15) is 11.5 Å². The number of ether oxygens (including phenoxy) is 3. The van der Waals surface area contributed by atoms with E-state index in [-0.39, 0.29) is 18.1 Å². The van der Waals surface area contributed by atoms with Crippen LogP contribution in [0.5, 0.6) is 11.5 Å². The van der Waals surface area contributed by atoms with Gasteiger partial charge in [0.25, 0.3) is 5.91 Å². The van der Waals surface area contributed by atoms with Crippen LogP contribution < -0.4 is 14.8 Å². The van der Waals surface area contributed by atoms with Crippen molar-refractivity contribution in [3.8, 4) is 11.5 Å². The van der Waals surface area contributed by atoms with Gasteiger partial charge >= 0.3 is 12.1 Å². The van der Waals surface area contributed by atoms with Crippen LogP contribution in [-0.2, 0) is 20.5 Å². The van der Waals surface area contributed by atoms with E-state index in [1.807, 2.05) is 6.92 Å². The van der Waals surface area contributed by atoms with E-state index in [1.165, 1.54) is 6.07 Å². The zero-order valence-electron chi connectivity index (χ0n) is 15.9. The summed E-state index contributed by atoms with van der Waals surface area (Å²) in [6.07, 6.45) is -4.85. The molecule has 0 aliphatic carbocycles. The number of amides is 1. The van der Waals surface area contributed by atoms with Gasteiger partial charge in [-0.3, -0.25) is 9.59 Å². The van der Waals surface area contributed by atoms with Crippen LogP contribution in [0.2, 0.25) is 5.02 Å². The molecule has 0 aliphatic heterocycles. The summed E-state index contributed by atoms with van der Waals surface area (Å²) in [6.45, 7) is 1.67. The number of anilines is 1. The maximum atomic E-state index is 13.0. The van der Waals surface area contributed by atoms with Gasteiger partial charge in [-0.25, -0.2) is 0 Å². The summed E-state index contributed by atoms with van der Waals surface area (Å²) in [4.78, 5) is 23.5. The van der Waals surface area contributed by atoms with Crippen molar-refractivity contribution in [3.63, 3.8) is 0 Å². The molecular formula is C20H19ClF3NO5. The molecule has 0 heterocycles. The molecule has 2 aromatic rings. The quantitative estimate of drug-likeness (QED) is 0.566. The van der Waals surface area contributed by atoms with Crippen LogP contribution in [0.25, 0.3) is 0 Å². The van der Waals surface area contributed by atoms with Crippen molar-refractivity contribution < 1.29 is 37.0 Å². The molecule has 0 fully saturated rings. The first-order chi connectivity index (χ1) is 14.2. The zero-order valence-corrected chi connectivity index (χ0v) is 16.7. The summed E-state index contributed by atoms with van der Waals surface area (Å²) in [7, 11) is 0. The topological polar surface area (TPSA) is 73.9 Å². The summed E-state index contributed by atoms with van der Waals surface area (Å²) in [5.41, 5.74) is -1.58. The van der Waals surface area contributed by atoms with E-state index in [2.05, 4.69) is 5.32 Å². The van der Waals surface area contributed by atoms with Crippen molar-refractivity contribution in [3.05, 3.63) is 53.1 Å². The predicted molar refractivity (Wildman–Crippen MR) is 104 cm³/mol.